The van der Waals surface area contributed by atoms with Gasteiger partial charge in [0.15, 0.2) is 0 Å². The molecule has 0 atom stereocenters. The highest BCUT2D eigenvalue weighted by atomic mass is 32.2. The molecule has 1 spiro atoms. The summed E-state index contributed by atoms with van der Waals surface area (Å²) in [7, 11) is 0. The van der Waals surface area contributed by atoms with E-state index < -0.39 is 22.9 Å². The Balaban J connectivity index is 1.31. The minimum atomic E-state index is -4.26. The van der Waals surface area contributed by atoms with Crippen LogP contribution in [0, 0.1) is 5.41 Å². The second-order valence-corrected chi connectivity index (χ2v) is 9.53. The Kier molecular flexibility index (Phi) is 4.57. The third-order valence-corrected chi connectivity index (χ3v) is 8.19. The van der Waals surface area contributed by atoms with Gasteiger partial charge in [0.1, 0.15) is 11.5 Å². The molecule has 0 unspecified atom stereocenters. The van der Waals surface area contributed by atoms with Crippen LogP contribution in [0.1, 0.15) is 49.1 Å². The van der Waals surface area contributed by atoms with Crippen molar-refractivity contribution in [2.45, 2.75) is 50.2 Å². The zero-order valence-corrected chi connectivity index (χ0v) is 15.0. The van der Waals surface area contributed by atoms with Gasteiger partial charge in [-0.1, -0.05) is 23.3 Å². The van der Waals surface area contributed by atoms with E-state index >= 15 is 0 Å². The topological polar surface area (TPSA) is 26.3 Å². The lowest BCUT2D eigenvalue weighted by molar-refractivity contribution is -0.137. The molecule has 1 saturated carbocycles. The molecule has 25 heavy (non-hydrogen) atoms. The molecule has 4 rings (SSSR count). The molecule has 2 aliphatic heterocycles. The van der Waals surface area contributed by atoms with Crippen LogP contribution in [0.3, 0.4) is 0 Å². The first kappa shape index (κ1) is 17.7. The van der Waals surface area contributed by atoms with E-state index in [4.69, 9.17) is 0 Å². The Morgan fingerprint density at radius 2 is 1.68 bits per heavy atom. The molecule has 0 aromatic heterocycles. The summed E-state index contributed by atoms with van der Waals surface area (Å²) >= 11 is -0.587. The molecule has 0 radical (unpaired) electrons. The predicted molar refractivity (Wildman–Crippen MR) is 92.9 cm³/mol. The van der Waals surface area contributed by atoms with Crippen molar-refractivity contribution in [1.29, 1.82) is 0 Å². The second-order valence-electron chi connectivity index (χ2n) is 8.07. The van der Waals surface area contributed by atoms with Gasteiger partial charge in [-0.2, -0.15) is 13.2 Å². The first-order valence-electron chi connectivity index (χ1n) is 9.11. The average Bonchev–Trinajstić information content (AvgIpc) is 2.99. The van der Waals surface area contributed by atoms with Gasteiger partial charge in [0.2, 0.25) is 0 Å². The number of rotatable bonds is 2. The van der Waals surface area contributed by atoms with Crippen LogP contribution in [-0.2, 0) is 17.4 Å². The molecular weight excluding hydrogens is 347 g/mol. The van der Waals surface area contributed by atoms with Gasteiger partial charge in [-0.15, -0.1) is 0 Å². The molecule has 3 aliphatic rings. The first-order chi connectivity index (χ1) is 11.8. The lowest BCUT2D eigenvalue weighted by Gasteiger charge is -2.40. The maximum Gasteiger partial charge on any atom is 0.416 e. The molecule has 2 nitrogen and oxygen atoms in total. The van der Waals surface area contributed by atoms with Gasteiger partial charge in [0.05, 0.1) is 11.0 Å². The van der Waals surface area contributed by atoms with Crippen LogP contribution in [0.25, 0.3) is 0 Å². The predicted octanol–water partition coefficient (Wildman–Crippen LogP) is 4.19. The number of hydrogen-bond acceptors (Lipinski definition) is 2. The van der Waals surface area contributed by atoms with Gasteiger partial charge in [0, 0.05) is 12.6 Å². The maximum atomic E-state index is 12.7. The molecule has 0 amide bonds. The minimum absolute atomic E-state index is 0.329. The van der Waals surface area contributed by atoms with Crippen molar-refractivity contribution in [3.8, 4) is 0 Å². The van der Waals surface area contributed by atoms with Crippen LogP contribution in [0.15, 0.2) is 24.3 Å². The van der Waals surface area contributed by atoms with Gasteiger partial charge in [-0.3, -0.25) is 4.90 Å². The summed E-state index contributed by atoms with van der Waals surface area (Å²) in [6.07, 6.45) is 1.25. The van der Waals surface area contributed by atoms with Crippen LogP contribution < -0.4 is 0 Å². The quantitative estimate of drug-likeness (QED) is 0.729. The molecule has 1 aromatic carbocycles. The minimum Gasteiger partial charge on any atom is -0.616 e. The highest BCUT2D eigenvalue weighted by molar-refractivity contribution is 7.92. The van der Waals surface area contributed by atoms with Crippen molar-refractivity contribution in [3.63, 3.8) is 0 Å². The van der Waals surface area contributed by atoms with Crippen molar-refractivity contribution in [2.24, 2.45) is 5.41 Å². The lowest BCUT2D eigenvalue weighted by atomic mass is 9.81. The number of alkyl halides is 3. The lowest BCUT2D eigenvalue weighted by Crippen LogP contribution is -2.51. The summed E-state index contributed by atoms with van der Waals surface area (Å²) < 4.78 is 49.5. The van der Waals surface area contributed by atoms with Crippen LogP contribution in [0.5, 0.6) is 0 Å². The summed E-state index contributed by atoms with van der Waals surface area (Å²) in [6, 6.07) is 6.33. The monoisotopic (exact) mass is 371 g/mol. The van der Waals surface area contributed by atoms with Crippen molar-refractivity contribution in [1.82, 2.24) is 4.90 Å². The summed E-state index contributed by atoms with van der Waals surface area (Å²) in [5.74, 6) is 2.14. The normalized spacial score (nSPS) is 36.6. The van der Waals surface area contributed by atoms with E-state index in [9.17, 15) is 17.7 Å². The number of hydrogen-bond donors (Lipinski definition) is 0. The van der Waals surface area contributed by atoms with Crippen LogP contribution >= 0.6 is 0 Å². The van der Waals surface area contributed by atoms with Gasteiger partial charge in [-0.05, 0) is 62.3 Å². The fourth-order valence-electron chi connectivity index (χ4n) is 4.88. The molecule has 138 valence electrons. The summed E-state index contributed by atoms with van der Waals surface area (Å²) in [6.45, 7) is 2.21. The Bertz CT molecular complexity index is 604. The Morgan fingerprint density at radius 1 is 1.04 bits per heavy atom. The Labute approximate surface area is 150 Å². The summed E-state index contributed by atoms with van der Waals surface area (Å²) in [5, 5.41) is 0. The van der Waals surface area contributed by atoms with Crippen LogP contribution in [0.2, 0.25) is 0 Å². The number of nitrogens with zero attached hydrogens (tertiary/aromatic N) is 1. The highest BCUT2D eigenvalue weighted by Crippen LogP contribution is 2.44. The second kappa shape index (κ2) is 6.46. The Morgan fingerprint density at radius 3 is 2.24 bits per heavy atom. The number of halogens is 3. The fraction of sp³-hybridized carbons (Fsp3) is 0.684. The van der Waals surface area contributed by atoms with Crippen molar-refractivity contribution in [3.05, 3.63) is 35.4 Å². The van der Waals surface area contributed by atoms with Gasteiger partial charge >= 0.3 is 6.18 Å². The SMILES string of the molecule is [O-][S+]1CC2(CCN([C@H]3CC[C@@H](c4ccc(C(F)(F)F)cc4)CC3)C2)C1. The van der Waals surface area contributed by atoms with E-state index in [0.29, 0.717) is 17.4 Å². The van der Waals surface area contributed by atoms with E-state index in [2.05, 4.69) is 4.90 Å². The van der Waals surface area contributed by atoms with Crippen LogP contribution in [-0.4, -0.2) is 40.1 Å². The zero-order valence-electron chi connectivity index (χ0n) is 14.2. The van der Waals surface area contributed by atoms with Crippen molar-refractivity contribution >= 4 is 11.2 Å². The maximum absolute atomic E-state index is 12.7. The standard InChI is InChI=1S/C19H24F3NOS/c20-19(21,22)16-5-1-14(2-6-16)15-3-7-17(8-4-15)23-10-9-18(11-23)12-25(24)13-18/h1-2,5-6,15,17H,3-4,7-13H2/t15-,17+,18?,25?. The van der Waals surface area contributed by atoms with Gasteiger partial charge in [0.25, 0.3) is 0 Å². The van der Waals surface area contributed by atoms with E-state index in [1.807, 2.05) is 0 Å². The molecule has 0 N–H and O–H groups in total. The largest absolute Gasteiger partial charge is 0.616 e. The van der Waals surface area contributed by atoms with E-state index in [-0.39, 0.29) is 0 Å². The molecule has 1 aromatic rings. The van der Waals surface area contributed by atoms with Crippen LogP contribution in [0.4, 0.5) is 13.2 Å². The zero-order chi connectivity index (χ0) is 17.7. The van der Waals surface area contributed by atoms with Gasteiger partial charge in [-0.25, -0.2) is 0 Å². The molecule has 3 fully saturated rings. The fourth-order valence-corrected chi connectivity index (χ4v) is 6.63. The summed E-state index contributed by atoms with van der Waals surface area (Å²) in [4.78, 5) is 2.58. The van der Waals surface area contributed by atoms with E-state index in [1.54, 1.807) is 12.1 Å². The molecule has 0 bridgehead atoms. The van der Waals surface area contributed by atoms with E-state index in [1.165, 1.54) is 18.6 Å². The summed E-state index contributed by atoms with van der Waals surface area (Å²) in [5.41, 5.74) is 0.804. The van der Waals surface area contributed by atoms with Crippen molar-refractivity contribution < 1.29 is 17.7 Å². The Hall–Kier alpha value is -0.720. The number of likely N-dealkylation sites (tertiary alicyclic amines) is 1. The average molecular weight is 371 g/mol. The smallest absolute Gasteiger partial charge is 0.416 e. The molecule has 2 heterocycles. The molecule has 1 aliphatic carbocycles. The van der Waals surface area contributed by atoms with Gasteiger partial charge < -0.3 is 4.55 Å². The molecule has 6 heteroatoms. The third kappa shape index (κ3) is 3.58. The van der Waals surface area contributed by atoms with Crippen molar-refractivity contribution in [2.75, 3.05) is 24.6 Å². The highest BCUT2D eigenvalue weighted by Gasteiger charge is 2.53. The molecular formula is C19H24F3NOS. The number of benzene rings is 1. The van der Waals surface area contributed by atoms with E-state index in [0.717, 1.165) is 55.8 Å². The first-order valence-corrected chi connectivity index (χ1v) is 10.6. The third-order valence-electron chi connectivity index (χ3n) is 6.32. The molecule has 2 saturated heterocycles.